The fraction of sp³-hybridized carbons (Fsp3) is 0.684. The lowest BCUT2D eigenvalue weighted by Crippen LogP contribution is -2.02. The van der Waals surface area contributed by atoms with Crippen molar-refractivity contribution >= 4 is 0 Å². The molecule has 0 unspecified atom stereocenters. The summed E-state index contributed by atoms with van der Waals surface area (Å²) in [5.74, 6) is 0. The second-order valence-electron chi connectivity index (χ2n) is 5.87. The first-order chi connectivity index (χ1) is 9.22. The van der Waals surface area contributed by atoms with E-state index in [1.165, 1.54) is 63.4 Å². The average molecular weight is 260 g/mol. The van der Waals surface area contributed by atoms with Gasteiger partial charge >= 0.3 is 0 Å². The summed E-state index contributed by atoms with van der Waals surface area (Å²) < 4.78 is 0. The second-order valence-corrected chi connectivity index (χ2v) is 5.87. The van der Waals surface area contributed by atoms with E-state index in [-0.39, 0.29) is 0 Å². The van der Waals surface area contributed by atoms with Crippen LogP contribution in [0.1, 0.15) is 81.5 Å². The third-order valence-electron chi connectivity index (χ3n) is 3.96. The lowest BCUT2D eigenvalue weighted by molar-refractivity contribution is 0.734. The Kier molecular flexibility index (Phi) is 7.86. The van der Waals surface area contributed by atoms with Crippen molar-refractivity contribution in [3.8, 4) is 0 Å². The zero-order valence-corrected chi connectivity index (χ0v) is 13.5. The van der Waals surface area contributed by atoms with Gasteiger partial charge in [-0.3, -0.25) is 0 Å². The molecule has 0 aromatic heterocycles. The van der Waals surface area contributed by atoms with E-state index in [4.69, 9.17) is 0 Å². The van der Waals surface area contributed by atoms with E-state index < -0.39 is 0 Å². The van der Waals surface area contributed by atoms with E-state index in [1.807, 2.05) is 0 Å². The quantitative estimate of drug-likeness (QED) is 0.509. The summed E-state index contributed by atoms with van der Waals surface area (Å²) in [6.45, 7) is 9.14. The number of benzene rings is 1. The van der Waals surface area contributed by atoms with E-state index in [0.29, 0.717) is 0 Å². The van der Waals surface area contributed by atoms with Crippen molar-refractivity contribution in [1.29, 1.82) is 0 Å². The molecule has 0 radical (unpaired) electrons. The molecular formula is C19H32. The van der Waals surface area contributed by atoms with E-state index >= 15 is 0 Å². The number of unbranched alkanes of at least 4 members (excludes halogenated alkanes) is 3. The lowest BCUT2D eigenvalue weighted by atomic mass is 9.89. The van der Waals surface area contributed by atoms with Crippen LogP contribution in [-0.4, -0.2) is 0 Å². The Morgan fingerprint density at radius 2 is 1.11 bits per heavy atom. The molecule has 0 atom stereocenters. The van der Waals surface area contributed by atoms with Crippen LogP contribution in [0.2, 0.25) is 0 Å². The Balaban J connectivity index is 2.99. The van der Waals surface area contributed by atoms with Crippen molar-refractivity contribution < 1.29 is 0 Å². The molecule has 0 bridgehead atoms. The van der Waals surface area contributed by atoms with Crippen molar-refractivity contribution in [2.75, 3.05) is 0 Å². The van der Waals surface area contributed by atoms with Crippen LogP contribution >= 0.6 is 0 Å². The molecule has 0 saturated heterocycles. The standard InChI is InChI=1S/C19H32/c1-5-8-11-17-14-16(4)15-18(12-9-6-2)19(17)13-10-7-3/h14-15H,5-13H2,1-4H3. The Morgan fingerprint density at radius 3 is 1.53 bits per heavy atom. The van der Waals surface area contributed by atoms with Crippen LogP contribution in [0.3, 0.4) is 0 Å². The predicted octanol–water partition coefficient (Wildman–Crippen LogP) is 6.02. The van der Waals surface area contributed by atoms with Gasteiger partial charge in [-0.2, -0.15) is 0 Å². The average Bonchev–Trinajstić information content (AvgIpc) is 2.41. The van der Waals surface area contributed by atoms with Crippen LogP contribution in [0.15, 0.2) is 12.1 Å². The van der Waals surface area contributed by atoms with Crippen LogP contribution in [-0.2, 0) is 19.3 Å². The van der Waals surface area contributed by atoms with Crippen molar-refractivity contribution in [2.45, 2.75) is 85.5 Å². The van der Waals surface area contributed by atoms with Crippen LogP contribution in [0, 0.1) is 6.92 Å². The Bertz CT molecular complexity index is 333. The molecule has 0 nitrogen and oxygen atoms in total. The fourth-order valence-corrected chi connectivity index (χ4v) is 2.83. The van der Waals surface area contributed by atoms with Gasteiger partial charge in [-0.05, 0) is 62.1 Å². The molecule has 0 amide bonds. The van der Waals surface area contributed by atoms with Gasteiger partial charge in [-0.15, -0.1) is 0 Å². The molecular weight excluding hydrogens is 228 g/mol. The maximum Gasteiger partial charge on any atom is -0.0274 e. The van der Waals surface area contributed by atoms with E-state index in [0.717, 1.165) is 0 Å². The van der Waals surface area contributed by atoms with Gasteiger partial charge in [0.25, 0.3) is 0 Å². The summed E-state index contributed by atoms with van der Waals surface area (Å²) in [6.07, 6.45) is 11.7. The summed E-state index contributed by atoms with van der Waals surface area (Å²) in [5, 5.41) is 0. The number of hydrogen-bond acceptors (Lipinski definition) is 0. The van der Waals surface area contributed by atoms with Crippen molar-refractivity contribution in [1.82, 2.24) is 0 Å². The third-order valence-corrected chi connectivity index (χ3v) is 3.96. The van der Waals surface area contributed by atoms with Gasteiger partial charge in [0.1, 0.15) is 0 Å². The van der Waals surface area contributed by atoms with Gasteiger partial charge in [-0.1, -0.05) is 57.7 Å². The monoisotopic (exact) mass is 260 g/mol. The summed E-state index contributed by atoms with van der Waals surface area (Å²) in [4.78, 5) is 0. The minimum absolute atomic E-state index is 1.27. The van der Waals surface area contributed by atoms with E-state index in [9.17, 15) is 0 Å². The molecule has 1 aromatic rings. The highest BCUT2D eigenvalue weighted by molar-refractivity contribution is 5.39. The molecule has 0 aliphatic carbocycles. The van der Waals surface area contributed by atoms with Crippen LogP contribution in [0.4, 0.5) is 0 Å². The highest BCUT2D eigenvalue weighted by Crippen LogP contribution is 2.23. The minimum Gasteiger partial charge on any atom is -0.0654 e. The van der Waals surface area contributed by atoms with E-state index in [2.05, 4.69) is 39.8 Å². The fourth-order valence-electron chi connectivity index (χ4n) is 2.83. The van der Waals surface area contributed by atoms with Crippen molar-refractivity contribution in [3.63, 3.8) is 0 Å². The molecule has 0 heterocycles. The van der Waals surface area contributed by atoms with E-state index in [1.54, 1.807) is 16.7 Å². The summed E-state index contributed by atoms with van der Waals surface area (Å²) in [6, 6.07) is 4.88. The maximum absolute atomic E-state index is 2.44. The minimum atomic E-state index is 1.27. The number of aryl methyl sites for hydroxylation is 3. The van der Waals surface area contributed by atoms with Gasteiger partial charge < -0.3 is 0 Å². The molecule has 1 rings (SSSR count). The second kappa shape index (κ2) is 9.18. The highest BCUT2D eigenvalue weighted by Gasteiger charge is 2.09. The normalized spacial score (nSPS) is 10.9. The summed E-state index contributed by atoms with van der Waals surface area (Å²) in [5.41, 5.74) is 6.43. The van der Waals surface area contributed by atoms with Crippen molar-refractivity contribution in [2.24, 2.45) is 0 Å². The maximum atomic E-state index is 2.44. The zero-order valence-electron chi connectivity index (χ0n) is 13.5. The van der Waals surface area contributed by atoms with Crippen LogP contribution in [0.5, 0.6) is 0 Å². The van der Waals surface area contributed by atoms with Gasteiger partial charge in [0, 0.05) is 0 Å². The molecule has 19 heavy (non-hydrogen) atoms. The lowest BCUT2D eigenvalue weighted by Gasteiger charge is -2.16. The first-order valence-corrected chi connectivity index (χ1v) is 8.34. The Labute approximate surface area is 120 Å². The molecule has 1 aromatic carbocycles. The molecule has 0 saturated carbocycles. The third kappa shape index (κ3) is 5.38. The van der Waals surface area contributed by atoms with Crippen LogP contribution < -0.4 is 0 Å². The predicted molar refractivity (Wildman–Crippen MR) is 87.0 cm³/mol. The zero-order chi connectivity index (χ0) is 14.1. The Hall–Kier alpha value is -0.780. The van der Waals surface area contributed by atoms with Gasteiger partial charge in [0.15, 0.2) is 0 Å². The first kappa shape index (κ1) is 16.3. The van der Waals surface area contributed by atoms with Gasteiger partial charge in [0.2, 0.25) is 0 Å². The summed E-state index contributed by atoms with van der Waals surface area (Å²) >= 11 is 0. The molecule has 0 fully saturated rings. The van der Waals surface area contributed by atoms with Gasteiger partial charge in [-0.25, -0.2) is 0 Å². The van der Waals surface area contributed by atoms with Crippen molar-refractivity contribution in [3.05, 3.63) is 34.4 Å². The molecule has 0 aliphatic rings. The largest absolute Gasteiger partial charge is 0.0654 e. The Morgan fingerprint density at radius 1 is 0.684 bits per heavy atom. The number of rotatable bonds is 9. The molecule has 0 heteroatoms. The van der Waals surface area contributed by atoms with Crippen LogP contribution in [0.25, 0.3) is 0 Å². The highest BCUT2D eigenvalue weighted by atomic mass is 14.1. The summed E-state index contributed by atoms with van der Waals surface area (Å²) in [7, 11) is 0. The SMILES string of the molecule is CCCCc1cc(C)cc(CCCC)c1CCCC. The smallest absolute Gasteiger partial charge is 0.0274 e. The molecule has 108 valence electrons. The first-order valence-electron chi connectivity index (χ1n) is 8.34. The topological polar surface area (TPSA) is 0 Å². The molecule has 0 N–H and O–H groups in total. The molecule has 0 aliphatic heterocycles. The number of hydrogen-bond donors (Lipinski definition) is 0. The molecule has 0 spiro atoms. The van der Waals surface area contributed by atoms with Gasteiger partial charge in [0.05, 0.1) is 0 Å².